The van der Waals surface area contributed by atoms with E-state index in [1.54, 1.807) is 39.2 Å². The van der Waals surface area contributed by atoms with E-state index in [2.05, 4.69) is 5.32 Å². The molecule has 33 heavy (non-hydrogen) atoms. The van der Waals surface area contributed by atoms with Gasteiger partial charge in [0.1, 0.15) is 5.82 Å². The second-order valence-electron chi connectivity index (χ2n) is 8.20. The first-order valence-corrected chi connectivity index (χ1v) is 10.6. The summed E-state index contributed by atoms with van der Waals surface area (Å²) in [6.45, 7) is 3.14. The molecule has 0 aromatic heterocycles. The molecule has 2 N–H and O–H groups in total. The van der Waals surface area contributed by atoms with Crippen molar-refractivity contribution >= 4 is 29.9 Å². The second-order valence-corrected chi connectivity index (χ2v) is 8.20. The molecule has 1 heterocycles. The van der Waals surface area contributed by atoms with E-state index in [1.807, 2.05) is 9.80 Å². The average molecular weight is 468 g/mol. The Balaban J connectivity index is 0.000000981. The molecule has 0 spiro atoms. The first-order chi connectivity index (χ1) is 15.5. The third-order valence-electron chi connectivity index (χ3n) is 4.94. The van der Waals surface area contributed by atoms with Crippen LogP contribution in [0.5, 0.6) is 0 Å². The van der Waals surface area contributed by atoms with Gasteiger partial charge in [-0.25, -0.2) is 4.39 Å². The van der Waals surface area contributed by atoms with Crippen molar-refractivity contribution in [3.8, 4) is 0 Å². The topological polar surface area (TPSA) is 114 Å². The first kappa shape index (κ1) is 28.0. The van der Waals surface area contributed by atoms with Gasteiger partial charge in [0.25, 0.3) is 0 Å². The molecule has 1 unspecified atom stereocenters. The lowest BCUT2D eigenvalue weighted by molar-refractivity contribution is -0.144. The van der Waals surface area contributed by atoms with Gasteiger partial charge >= 0.3 is 5.97 Å². The lowest BCUT2D eigenvalue weighted by atomic mass is 10.0. The second kappa shape index (κ2) is 14.2. The highest BCUT2D eigenvalue weighted by molar-refractivity contribution is 5.93. The zero-order valence-corrected chi connectivity index (χ0v) is 19.7. The molecule has 0 bridgehead atoms. The van der Waals surface area contributed by atoms with Gasteiger partial charge in [-0.3, -0.25) is 29.0 Å². The number of rotatable bonds is 9. The van der Waals surface area contributed by atoms with Crippen LogP contribution in [0.4, 0.5) is 10.1 Å². The van der Waals surface area contributed by atoms with E-state index in [0.29, 0.717) is 32.7 Å². The molecule has 1 saturated heterocycles. The van der Waals surface area contributed by atoms with Gasteiger partial charge in [-0.2, -0.15) is 0 Å². The summed E-state index contributed by atoms with van der Waals surface area (Å²) in [4.78, 5) is 51.9. The van der Waals surface area contributed by atoms with Gasteiger partial charge in [-0.15, -0.1) is 0 Å². The number of amides is 3. The molecular weight excluding hydrogens is 433 g/mol. The monoisotopic (exact) mass is 467 g/mol. The molecule has 1 aromatic carbocycles. The van der Waals surface area contributed by atoms with Crippen molar-refractivity contribution in [2.45, 2.75) is 6.42 Å². The number of carbonyl (C=O) groups excluding carboxylic acids is 3. The number of hydrogen-bond acceptors (Lipinski definition) is 6. The molecule has 184 valence electrons. The van der Waals surface area contributed by atoms with E-state index in [9.17, 15) is 28.7 Å². The number of carboxylic acids is 1. The van der Waals surface area contributed by atoms with E-state index in [4.69, 9.17) is 0 Å². The molecule has 2 rings (SSSR count). The molecule has 10 nitrogen and oxygen atoms in total. The van der Waals surface area contributed by atoms with Crippen LogP contribution in [0.15, 0.2) is 24.3 Å². The van der Waals surface area contributed by atoms with Crippen molar-refractivity contribution < 1.29 is 28.7 Å². The number of halogens is 1. The molecule has 1 aromatic rings. The van der Waals surface area contributed by atoms with Crippen LogP contribution in [0.25, 0.3) is 0 Å². The number of carbonyl (C=O) groups is 4. The number of nitrogens with zero attached hydrogens (tertiary/aromatic N) is 4. The molecule has 0 aliphatic carbocycles. The smallest absolute Gasteiger partial charge is 0.308 e. The summed E-state index contributed by atoms with van der Waals surface area (Å²) in [5.41, 5.74) is 0.0378. The van der Waals surface area contributed by atoms with Crippen LogP contribution in [-0.4, -0.2) is 116 Å². The van der Waals surface area contributed by atoms with Crippen LogP contribution in [-0.2, 0) is 19.2 Å². The molecule has 1 atom stereocenters. The van der Waals surface area contributed by atoms with Crippen LogP contribution in [0, 0.1) is 11.7 Å². The van der Waals surface area contributed by atoms with Gasteiger partial charge in [-0.05, 0) is 12.1 Å². The highest BCUT2D eigenvalue weighted by Gasteiger charge is 2.27. The maximum atomic E-state index is 13.6. The van der Waals surface area contributed by atoms with Gasteiger partial charge in [0.2, 0.25) is 18.2 Å². The zero-order valence-electron chi connectivity index (χ0n) is 19.7. The number of benzene rings is 1. The van der Waals surface area contributed by atoms with Crippen LogP contribution in [0.2, 0.25) is 0 Å². The van der Waals surface area contributed by atoms with Gasteiger partial charge in [0.05, 0.1) is 18.2 Å². The fourth-order valence-electron chi connectivity index (χ4n) is 2.99. The number of likely N-dealkylation sites (N-methyl/N-ethyl adjacent to an activating group) is 1. The molecule has 1 aliphatic rings. The number of aliphatic carboxylic acids is 1. The Morgan fingerprint density at radius 1 is 1.09 bits per heavy atom. The van der Waals surface area contributed by atoms with Gasteiger partial charge in [0.15, 0.2) is 0 Å². The summed E-state index contributed by atoms with van der Waals surface area (Å²) in [6.07, 6.45) is 0.517. The average Bonchev–Trinajstić information content (AvgIpc) is 2.76. The van der Waals surface area contributed by atoms with Crippen LogP contribution in [0.1, 0.15) is 6.42 Å². The Labute approximate surface area is 193 Å². The molecule has 0 radical (unpaired) electrons. The summed E-state index contributed by atoms with van der Waals surface area (Å²) < 4.78 is 13.6. The van der Waals surface area contributed by atoms with Crippen molar-refractivity contribution in [1.82, 2.24) is 19.6 Å². The quantitative estimate of drug-likeness (QED) is 0.501. The number of hydrogen-bond donors (Lipinski definition) is 2. The van der Waals surface area contributed by atoms with Crippen molar-refractivity contribution in [2.75, 3.05) is 72.8 Å². The van der Waals surface area contributed by atoms with Crippen molar-refractivity contribution in [2.24, 2.45) is 5.92 Å². The van der Waals surface area contributed by atoms with Gasteiger partial charge in [0, 0.05) is 67.3 Å². The maximum Gasteiger partial charge on any atom is 0.308 e. The highest BCUT2D eigenvalue weighted by Crippen LogP contribution is 2.15. The summed E-state index contributed by atoms with van der Waals surface area (Å²) in [6, 6.07) is 5.76. The Bertz CT molecular complexity index is 797. The lowest BCUT2D eigenvalue weighted by Gasteiger charge is -2.35. The molecule has 1 fully saturated rings. The molecular formula is C22H34FN5O5. The normalized spacial score (nSPS) is 14.9. The first-order valence-electron chi connectivity index (χ1n) is 10.6. The Kier molecular flexibility index (Phi) is 12.0. The van der Waals surface area contributed by atoms with E-state index in [0.717, 1.165) is 6.41 Å². The predicted octanol–water partition coefficient (Wildman–Crippen LogP) is 0.265. The van der Waals surface area contributed by atoms with Crippen molar-refractivity contribution in [3.05, 3.63) is 30.1 Å². The summed E-state index contributed by atoms with van der Waals surface area (Å²) in [5.74, 6) is -3.02. The van der Waals surface area contributed by atoms with E-state index < -0.39 is 23.6 Å². The van der Waals surface area contributed by atoms with Crippen LogP contribution < -0.4 is 5.32 Å². The number of nitrogens with one attached hydrogen (secondary N) is 1. The number of carboxylic acid groups (broad SMARTS) is 1. The van der Waals surface area contributed by atoms with E-state index >= 15 is 0 Å². The lowest BCUT2D eigenvalue weighted by Crippen LogP contribution is -2.50. The zero-order chi connectivity index (χ0) is 25.0. The van der Waals surface area contributed by atoms with Gasteiger partial charge < -0.3 is 20.2 Å². The fourth-order valence-corrected chi connectivity index (χ4v) is 2.99. The Hall–Kier alpha value is -3.05. The van der Waals surface area contributed by atoms with Crippen LogP contribution >= 0.6 is 0 Å². The van der Waals surface area contributed by atoms with Crippen molar-refractivity contribution in [1.29, 1.82) is 0 Å². The predicted molar refractivity (Wildman–Crippen MR) is 122 cm³/mol. The minimum absolute atomic E-state index is 0.0293. The number of anilines is 1. The fraction of sp³-hybridized carbons (Fsp3) is 0.545. The summed E-state index contributed by atoms with van der Waals surface area (Å²) in [5, 5.41) is 11.9. The minimum Gasteiger partial charge on any atom is -0.481 e. The molecule has 1 aliphatic heterocycles. The summed E-state index contributed by atoms with van der Waals surface area (Å²) >= 11 is 0. The third-order valence-corrected chi connectivity index (χ3v) is 4.94. The number of para-hydroxylation sites is 1. The molecule has 11 heteroatoms. The third kappa shape index (κ3) is 10.9. The standard InChI is InChI=1S/C19H27FN4O4.C3H7NO/c1-22(2)18(26)13-24-9-7-23(8-10-24)12-14(19(27)28)11-17(25)21-16-6-4-3-5-15(16)20;1-4(2)3-5/h3-6,14H,7-13H2,1-2H3,(H,21,25)(H,27,28);3H,1-2H3. The molecule has 3 amide bonds. The SMILES string of the molecule is CN(C)C(=O)CN1CCN(CC(CC(=O)Nc2ccccc2F)C(=O)O)CC1.CN(C)C=O. The molecule has 0 saturated carbocycles. The van der Waals surface area contributed by atoms with E-state index in [-0.39, 0.29) is 24.6 Å². The largest absolute Gasteiger partial charge is 0.481 e. The van der Waals surface area contributed by atoms with Crippen LogP contribution in [0.3, 0.4) is 0 Å². The Morgan fingerprint density at radius 3 is 2.12 bits per heavy atom. The van der Waals surface area contributed by atoms with Crippen molar-refractivity contribution in [3.63, 3.8) is 0 Å². The minimum atomic E-state index is -1.06. The maximum absolute atomic E-state index is 13.6. The van der Waals surface area contributed by atoms with E-state index in [1.165, 1.54) is 23.1 Å². The highest BCUT2D eigenvalue weighted by atomic mass is 19.1. The number of piperazine rings is 1. The van der Waals surface area contributed by atoms with Gasteiger partial charge in [-0.1, -0.05) is 12.1 Å². The Morgan fingerprint density at radius 2 is 1.64 bits per heavy atom. The summed E-state index contributed by atoms with van der Waals surface area (Å²) in [7, 11) is 6.80.